The third-order valence-electron chi connectivity index (χ3n) is 6.52. The number of carbonyl (C=O) groups excluding carboxylic acids is 1. The molecule has 2 aliphatic rings. The Morgan fingerprint density at radius 3 is 2.42 bits per heavy atom. The molecule has 5 rings (SSSR count). The van der Waals surface area contributed by atoms with Gasteiger partial charge in [0.1, 0.15) is 28.7 Å². The predicted molar refractivity (Wildman–Crippen MR) is 120 cm³/mol. The van der Waals surface area contributed by atoms with Crippen molar-refractivity contribution in [2.45, 2.75) is 38.1 Å². The number of nitrogens with two attached hydrogens (primary N) is 1. The summed E-state index contributed by atoms with van der Waals surface area (Å²) in [5, 5.41) is 3.45. The van der Waals surface area contributed by atoms with E-state index in [0.29, 0.717) is 23.2 Å². The normalized spacial score (nSPS) is 19.0. The second kappa shape index (κ2) is 8.55. The van der Waals surface area contributed by atoms with E-state index in [2.05, 4.69) is 9.88 Å². The van der Waals surface area contributed by atoms with Gasteiger partial charge in [-0.1, -0.05) is 18.2 Å². The quantitative estimate of drug-likeness (QED) is 0.649. The number of aromatic nitrogens is 2. The van der Waals surface area contributed by atoms with Crippen LogP contribution < -0.4 is 15.8 Å². The number of carbonyl (C=O) groups is 1. The van der Waals surface area contributed by atoms with Crippen LogP contribution in [0.1, 0.15) is 47.9 Å². The number of primary amides is 1. The van der Waals surface area contributed by atoms with Gasteiger partial charge in [0.25, 0.3) is 5.91 Å². The van der Waals surface area contributed by atoms with Crippen molar-refractivity contribution >= 4 is 5.91 Å². The molecule has 3 heterocycles. The Labute approximate surface area is 182 Å². The summed E-state index contributed by atoms with van der Waals surface area (Å²) in [6.45, 7) is 2.91. The molecule has 1 amide bonds. The molecule has 1 aromatic heterocycles. The number of nitrogens with zero attached hydrogens (tertiary/aromatic N) is 2. The highest BCUT2D eigenvalue weighted by atomic mass is 16.5. The van der Waals surface area contributed by atoms with Crippen molar-refractivity contribution in [3.8, 4) is 22.8 Å². The number of benzene rings is 2. The number of rotatable bonds is 5. The third kappa shape index (κ3) is 3.95. The monoisotopic (exact) mass is 416 g/mol. The van der Waals surface area contributed by atoms with Crippen LogP contribution in [0.15, 0.2) is 54.6 Å². The number of piperidine rings is 1. The minimum Gasteiger partial charge on any atom is -0.457 e. The summed E-state index contributed by atoms with van der Waals surface area (Å²) in [4.78, 5) is 17.5. The van der Waals surface area contributed by atoms with E-state index in [9.17, 15) is 4.79 Å². The number of imidazole rings is 1. The SMILES string of the molecule is NC(=O)c1c(-c2ccc(Oc3ccccc3)cc2)nc2n1CCCC2C1CCNCC1. The number of hydrogen-bond acceptors (Lipinski definition) is 4. The molecule has 1 atom stereocenters. The van der Waals surface area contributed by atoms with Crippen molar-refractivity contribution in [2.24, 2.45) is 11.7 Å². The van der Waals surface area contributed by atoms with Gasteiger partial charge in [-0.05, 0) is 81.1 Å². The molecule has 6 nitrogen and oxygen atoms in total. The van der Waals surface area contributed by atoms with Gasteiger partial charge in [-0.25, -0.2) is 4.98 Å². The first-order valence-corrected chi connectivity index (χ1v) is 11.1. The highest BCUT2D eigenvalue weighted by Gasteiger charge is 2.34. The molecule has 3 N–H and O–H groups in total. The summed E-state index contributed by atoms with van der Waals surface area (Å²) in [5.74, 6) is 3.15. The van der Waals surface area contributed by atoms with Crippen molar-refractivity contribution in [2.75, 3.05) is 13.1 Å². The van der Waals surface area contributed by atoms with E-state index in [-0.39, 0.29) is 0 Å². The highest BCUT2D eigenvalue weighted by molar-refractivity contribution is 5.97. The zero-order valence-electron chi connectivity index (χ0n) is 17.6. The lowest BCUT2D eigenvalue weighted by atomic mass is 9.80. The van der Waals surface area contributed by atoms with Crippen LogP contribution in [0.25, 0.3) is 11.3 Å². The molecule has 2 aliphatic heterocycles. The van der Waals surface area contributed by atoms with Gasteiger partial charge >= 0.3 is 0 Å². The second-order valence-electron chi connectivity index (χ2n) is 8.46. The largest absolute Gasteiger partial charge is 0.457 e. The van der Waals surface area contributed by atoms with Crippen molar-refractivity contribution in [3.63, 3.8) is 0 Å². The fourth-order valence-corrected chi connectivity index (χ4v) is 5.03. The molecular formula is C25H28N4O2. The van der Waals surface area contributed by atoms with Gasteiger partial charge in [0.2, 0.25) is 0 Å². The summed E-state index contributed by atoms with van der Waals surface area (Å²) < 4.78 is 7.99. The van der Waals surface area contributed by atoms with E-state index in [1.165, 1.54) is 0 Å². The van der Waals surface area contributed by atoms with E-state index in [1.807, 2.05) is 54.6 Å². The summed E-state index contributed by atoms with van der Waals surface area (Å²) in [5.41, 5.74) is 7.95. The fraction of sp³-hybridized carbons (Fsp3) is 0.360. The summed E-state index contributed by atoms with van der Waals surface area (Å²) in [6, 6.07) is 17.4. The standard InChI is InChI=1S/C25H28N4O2/c26-24(30)23-22(18-8-10-20(11-9-18)31-19-5-2-1-3-6-19)28-25-21(7-4-16-29(23)25)17-12-14-27-15-13-17/h1-3,5-6,8-11,17,21,27H,4,7,12-16H2,(H2,26,30). The van der Waals surface area contributed by atoms with Gasteiger partial charge in [0.05, 0.1) is 0 Å². The van der Waals surface area contributed by atoms with E-state index >= 15 is 0 Å². The van der Waals surface area contributed by atoms with Crippen molar-refractivity contribution in [1.29, 1.82) is 0 Å². The topological polar surface area (TPSA) is 82.2 Å². The lowest BCUT2D eigenvalue weighted by molar-refractivity contribution is 0.0990. The average Bonchev–Trinajstić information content (AvgIpc) is 3.21. The molecular weight excluding hydrogens is 388 g/mol. The number of amides is 1. The molecule has 0 spiro atoms. The van der Waals surface area contributed by atoms with E-state index in [4.69, 9.17) is 15.5 Å². The maximum absolute atomic E-state index is 12.4. The first-order valence-electron chi connectivity index (χ1n) is 11.1. The van der Waals surface area contributed by atoms with Crippen LogP contribution in [0.4, 0.5) is 0 Å². The number of ether oxygens (including phenoxy) is 1. The highest BCUT2D eigenvalue weighted by Crippen LogP contribution is 2.40. The molecule has 0 bridgehead atoms. The lowest BCUT2D eigenvalue weighted by Gasteiger charge is -2.33. The first kappa shape index (κ1) is 19.8. The summed E-state index contributed by atoms with van der Waals surface area (Å²) >= 11 is 0. The number of hydrogen-bond donors (Lipinski definition) is 2. The van der Waals surface area contributed by atoms with Crippen LogP contribution in [-0.2, 0) is 6.54 Å². The molecule has 0 saturated carbocycles. The van der Waals surface area contributed by atoms with Crippen molar-refractivity contribution in [3.05, 3.63) is 66.1 Å². The zero-order chi connectivity index (χ0) is 21.2. The fourth-order valence-electron chi connectivity index (χ4n) is 5.03. The zero-order valence-corrected chi connectivity index (χ0v) is 17.6. The number of para-hydroxylation sites is 1. The Bertz CT molecular complexity index is 1050. The Morgan fingerprint density at radius 1 is 1.00 bits per heavy atom. The van der Waals surface area contributed by atoms with Crippen LogP contribution >= 0.6 is 0 Å². The van der Waals surface area contributed by atoms with Gasteiger partial charge < -0.3 is 20.4 Å². The molecule has 3 aromatic rings. The maximum Gasteiger partial charge on any atom is 0.267 e. The van der Waals surface area contributed by atoms with Crippen LogP contribution in [0.3, 0.4) is 0 Å². The van der Waals surface area contributed by atoms with Crippen LogP contribution in [-0.4, -0.2) is 28.5 Å². The molecule has 2 aromatic carbocycles. The van der Waals surface area contributed by atoms with Crippen LogP contribution in [0.2, 0.25) is 0 Å². The van der Waals surface area contributed by atoms with Crippen molar-refractivity contribution in [1.82, 2.24) is 14.9 Å². The Morgan fingerprint density at radius 2 is 1.71 bits per heavy atom. The average molecular weight is 417 g/mol. The van der Waals surface area contributed by atoms with E-state index in [1.54, 1.807) is 0 Å². The van der Waals surface area contributed by atoms with Crippen LogP contribution in [0, 0.1) is 5.92 Å². The third-order valence-corrected chi connectivity index (χ3v) is 6.52. The number of nitrogens with one attached hydrogen (secondary N) is 1. The minimum atomic E-state index is -0.413. The maximum atomic E-state index is 12.4. The van der Waals surface area contributed by atoms with E-state index in [0.717, 1.165) is 68.2 Å². The molecule has 1 fully saturated rings. The predicted octanol–water partition coefficient (Wildman–Crippen LogP) is 4.32. The second-order valence-corrected chi connectivity index (χ2v) is 8.46. The smallest absolute Gasteiger partial charge is 0.267 e. The van der Waals surface area contributed by atoms with Gasteiger partial charge in [0.15, 0.2) is 0 Å². The Hall–Kier alpha value is -3.12. The molecule has 31 heavy (non-hydrogen) atoms. The molecule has 1 saturated heterocycles. The Balaban J connectivity index is 1.47. The van der Waals surface area contributed by atoms with Gasteiger partial charge in [-0.15, -0.1) is 0 Å². The summed E-state index contributed by atoms with van der Waals surface area (Å²) in [6.07, 6.45) is 4.50. The number of fused-ring (bicyclic) bond motifs is 1. The molecule has 160 valence electrons. The molecule has 1 unspecified atom stereocenters. The van der Waals surface area contributed by atoms with Gasteiger partial charge in [-0.2, -0.15) is 0 Å². The van der Waals surface area contributed by atoms with Gasteiger partial charge in [0, 0.05) is 18.0 Å². The molecule has 6 heteroatoms. The van der Waals surface area contributed by atoms with Crippen LogP contribution in [0.5, 0.6) is 11.5 Å². The minimum absolute atomic E-state index is 0.392. The molecule has 0 radical (unpaired) electrons. The van der Waals surface area contributed by atoms with Crippen molar-refractivity contribution < 1.29 is 9.53 Å². The Kier molecular flexibility index (Phi) is 5.47. The first-order chi connectivity index (χ1) is 15.2. The van der Waals surface area contributed by atoms with E-state index < -0.39 is 5.91 Å². The lowest BCUT2D eigenvalue weighted by Crippen LogP contribution is -2.33. The molecule has 0 aliphatic carbocycles. The van der Waals surface area contributed by atoms with Gasteiger partial charge in [-0.3, -0.25) is 4.79 Å². The summed E-state index contributed by atoms with van der Waals surface area (Å²) in [7, 11) is 0.